The molecule has 2 atom stereocenters. The SMILES string of the molecule is O=C(NCc1ccccc1F)C1CC1C(=O)Nc1ccc(F)c(F)c1F. The van der Waals surface area contributed by atoms with E-state index in [1.165, 1.54) is 18.2 Å². The smallest absolute Gasteiger partial charge is 0.228 e. The number of halogens is 4. The van der Waals surface area contributed by atoms with Crippen LogP contribution in [0.1, 0.15) is 12.0 Å². The topological polar surface area (TPSA) is 58.2 Å². The van der Waals surface area contributed by atoms with Gasteiger partial charge in [-0.2, -0.15) is 0 Å². The summed E-state index contributed by atoms with van der Waals surface area (Å²) in [5.41, 5.74) is -0.183. The summed E-state index contributed by atoms with van der Waals surface area (Å²) in [6.07, 6.45) is 0.236. The molecular formula is C18H14F4N2O2. The fourth-order valence-electron chi connectivity index (χ4n) is 2.58. The second-order valence-electron chi connectivity index (χ2n) is 5.97. The van der Waals surface area contributed by atoms with E-state index in [1.54, 1.807) is 6.07 Å². The number of hydrogen-bond donors (Lipinski definition) is 2. The molecule has 1 fully saturated rings. The van der Waals surface area contributed by atoms with E-state index in [-0.39, 0.29) is 13.0 Å². The minimum atomic E-state index is -1.68. The highest BCUT2D eigenvalue weighted by Crippen LogP contribution is 2.39. The fourth-order valence-corrected chi connectivity index (χ4v) is 2.58. The first-order valence-corrected chi connectivity index (χ1v) is 7.84. The summed E-state index contributed by atoms with van der Waals surface area (Å²) in [5.74, 6) is -7.43. The van der Waals surface area contributed by atoms with Crippen molar-refractivity contribution < 1.29 is 27.2 Å². The summed E-state index contributed by atoms with van der Waals surface area (Å²) in [5, 5.41) is 4.68. The van der Waals surface area contributed by atoms with Gasteiger partial charge in [-0.15, -0.1) is 0 Å². The Morgan fingerprint density at radius 1 is 0.885 bits per heavy atom. The van der Waals surface area contributed by atoms with E-state index in [9.17, 15) is 27.2 Å². The second kappa shape index (κ2) is 7.15. The lowest BCUT2D eigenvalue weighted by molar-refractivity contribution is -0.125. The molecule has 2 N–H and O–H groups in total. The van der Waals surface area contributed by atoms with Crippen molar-refractivity contribution in [2.75, 3.05) is 5.32 Å². The quantitative estimate of drug-likeness (QED) is 0.631. The monoisotopic (exact) mass is 366 g/mol. The van der Waals surface area contributed by atoms with Gasteiger partial charge in [-0.05, 0) is 24.6 Å². The van der Waals surface area contributed by atoms with Gasteiger partial charge in [0, 0.05) is 12.1 Å². The van der Waals surface area contributed by atoms with Gasteiger partial charge in [0.1, 0.15) is 5.82 Å². The van der Waals surface area contributed by atoms with Crippen LogP contribution in [0.15, 0.2) is 36.4 Å². The molecule has 2 aromatic carbocycles. The molecule has 0 radical (unpaired) electrons. The van der Waals surface area contributed by atoms with E-state index in [0.29, 0.717) is 11.6 Å². The van der Waals surface area contributed by atoms with E-state index in [4.69, 9.17) is 0 Å². The first-order chi connectivity index (χ1) is 12.4. The highest BCUT2D eigenvalue weighted by atomic mass is 19.2. The van der Waals surface area contributed by atoms with Crippen molar-refractivity contribution in [3.63, 3.8) is 0 Å². The maximum atomic E-state index is 13.6. The van der Waals surface area contributed by atoms with Crippen molar-refractivity contribution in [3.8, 4) is 0 Å². The molecule has 1 aliphatic rings. The maximum absolute atomic E-state index is 13.6. The Morgan fingerprint density at radius 2 is 1.58 bits per heavy atom. The normalized spacial score (nSPS) is 18.3. The third-order valence-electron chi connectivity index (χ3n) is 4.17. The summed E-state index contributed by atoms with van der Waals surface area (Å²) < 4.78 is 53.1. The highest BCUT2D eigenvalue weighted by Gasteiger charge is 2.48. The van der Waals surface area contributed by atoms with Crippen LogP contribution < -0.4 is 10.6 Å². The lowest BCUT2D eigenvalue weighted by Gasteiger charge is -2.08. The van der Waals surface area contributed by atoms with Crippen molar-refractivity contribution >= 4 is 17.5 Å². The molecule has 3 rings (SSSR count). The van der Waals surface area contributed by atoms with Gasteiger partial charge in [-0.25, -0.2) is 17.6 Å². The van der Waals surface area contributed by atoms with Crippen LogP contribution in [0.4, 0.5) is 23.2 Å². The number of benzene rings is 2. The molecule has 1 saturated carbocycles. The van der Waals surface area contributed by atoms with Crippen LogP contribution in [0.25, 0.3) is 0 Å². The van der Waals surface area contributed by atoms with Crippen molar-refractivity contribution in [3.05, 3.63) is 65.2 Å². The summed E-state index contributed by atoms with van der Waals surface area (Å²) in [4.78, 5) is 24.1. The molecular weight excluding hydrogens is 352 g/mol. The number of hydrogen-bond acceptors (Lipinski definition) is 2. The van der Waals surface area contributed by atoms with E-state index in [2.05, 4.69) is 10.6 Å². The van der Waals surface area contributed by atoms with Gasteiger partial charge in [0.15, 0.2) is 17.5 Å². The summed E-state index contributed by atoms with van der Waals surface area (Å²) in [6.45, 7) is -0.0197. The number of rotatable bonds is 5. The van der Waals surface area contributed by atoms with Crippen LogP contribution in [-0.2, 0) is 16.1 Å². The molecule has 8 heteroatoms. The summed E-state index contributed by atoms with van der Waals surface area (Å²) in [6, 6.07) is 7.55. The van der Waals surface area contributed by atoms with Gasteiger partial charge in [0.05, 0.1) is 17.5 Å². The molecule has 2 unspecified atom stereocenters. The molecule has 0 aromatic heterocycles. The predicted octanol–water partition coefficient (Wildman–Crippen LogP) is 3.13. The van der Waals surface area contributed by atoms with Crippen molar-refractivity contribution in [1.29, 1.82) is 0 Å². The molecule has 136 valence electrons. The largest absolute Gasteiger partial charge is 0.352 e. The number of carbonyl (C=O) groups excluding carboxylic acids is 2. The number of nitrogens with one attached hydrogen (secondary N) is 2. The summed E-state index contributed by atoms with van der Waals surface area (Å²) >= 11 is 0. The fraction of sp³-hybridized carbons (Fsp3) is 0.222. The van der Waals surface area contributed by atoms with Crippen molar-refractivity contribution in [1.82, 2.24) is 5.32 Å². The Bertz CT molecular complexity index is 872. The van der Waals surface area contributed by atoms with E-state index >= 15 is 0 Å². The number of amides is 2. The minimum absolute atomic E-state index is 0.0197. The zero-order valence-corrected chi connectivity index (χ0v) is 13.4. The van der Waals surface area contributed by atoms with E-state index in [0.717, 1.165) is 6.07 Å². The van der Waals surface area contributed by atoms with Gasteiger partial charge in [-0.3, -0.25) is 9.59 Å². The lowest BCUT2D eigenvalue weighted by atomic mass is 10.2. The molecule has 0 bridgehead atoms. The van der Waals surface area contributed by atoms with Crippen LogP contribution in [0.5, 0.6) is 0 Å². The Hall–Kier alpha value is -2.90. The van der Waals surface area contributed by atoms with Crippen LogP contribution in [0.3, 0.4) is 0 Å². The molecule has 0 spiro atoms. The lowest BCUT2D eigenvalue weighted by Crippen LogP contribution is -2.27. The van der Waals surface area contributed by atoms with Crippen molar-refractivity contribution in [2.24, 2.45) is 11.8 Å². The molecule has 0 saturated heterocycles. The molecule has 0 aliphatic heterocycles. The van der Waals surface area contributed by atoms with Crippen LogP contribution in [0, 0.1) is 35.1 Å². The van der Waals surface area contributed by atoms with Gasteiger partial charge < -0.3 is 10.6 Å². The zero-order valence-electron chi connectivity index (χ0n) is 13.4. The minimum Gasteiger partial charge on any atom is -0.352 e. The average Bonchev–Trinajstić information content (AvgIpc) is 3.42. The zero-order chi connectivity index (χ0) is 18.8. The summed E-state index contributed by atoms with van der Waals surface area (Å²) in [7, 11) is 0. The molecule has 4 nitrogen and oxygen atoms in total. The predicted molar refractivity (Wildman–Crippen MR) is 84.8 cm³/mol. The highest BCUT2D eigenvalue weighted by molar-refractivity contribution is 5.99. The Balaban J connectivity index is 1.55. The first-order valence-electron chi connectivity index (χ1n) is 7.84. The molecule has 0 heterocycles. The van der Waals surface area contributed by atoms with Gasteiger partial charge in [0.25, 0.3) is 0 Å². The Kier molecular flexibility index (Phi) is 4.92. The Labute approximate surface area is 146 Å². The van der Waals surface area contributed by atoms with E-state index < -0.39 is 52.6 Å². The molecule has 1 aliphatic carbocycles. The standard InChI is InChI=1S/C18H14F4N2O2/c19-12-4-2-1-3-9(12)8-23-17(25)10-7-11(10)18(26)24-14-6-5-13(20)15(21)16(14)22/h1-6,10-11H,7-8H2,(H,23,25)(H,24,26). The molecule has 2 amide bonds. The maximum Gasteiger partial charge on any atom is 0.228 e. The average molecular weight is 366 g/mol. The number of carbonyl (C=O) groups is 2. The number of anilines is 1. The van der Waals surface area contributed by atoms with Gasteiger partial charge >= 0.3 is 0 Å². The second-order valence-corrected chi connectivity index (χ2v) is 5.97. The van der Waals surface area contributed by atoms with Gasteiger partial charge in [-0.1, -0.05) is 18.2 Å². The third-order valence-corrected chi connectivity index (χ3v) is 4.17. The van der Waals surface area contributed by atoms with Crippen LogP contribution in [-0.4, -0.2) is 11.8 Å². The molecule has 26 heavy (non-hydrogen) atoms. The van der Waals surface area contributed by atoms with Crippen molar-refractivity contribution in [2.45, 2.75) is 13.0 Å². The van der Waals surface area contributed by atoms with E-state index in [1.807, 2.05) is 0 Å². The van der Waals surface area contributed by atoms with Crippen LogP contribution >= 0.6 is 0 Å². The Morgan fingerprint density at radius 3 is 2.31 bits per heavy atom. The van der Waals surface area contributed by atoms with Crippen LogP contribution in [0.2, 0.25) is 0 Å². The first kappa shape index (κ1) is 17.9. The van der Waals surface area contributed by atoms with Gasteiger partial charge in [0.2, 0.25) is 11.8 Å². The molecule has 2 aromatic rings. The third kappa shape index (κ3) is 3.68.